The van der Waals surface area contributed by atoms with Gasteiger partial charge in [-0.3, -0.25) is 0 Å². The molecule has 0 aliphatic carbocycles. The minimum Gasteiger partial charge on any atom is -0.495 e. The fraction of sp³-hybridized carbons (Fsp3) is 0.316. The van der Waals surface area contributed by atoms with Gasteiger partial charge >= 0.3 is 6.03 Å². The largest absolute Gasteiger partial charge is 0.495 e. The van der Waals surface area contributed by atoms with Crippen LogP contribution in [0.25, 0.3) is 0 Å². The Morgan fingerprint density at radius 1 is 1.07 bits per heavy atom. The van der Waals surface area contributed by atoms with Crippen LogP contribution in [0.4, 0.5) is 16.2 Å². The van der Waals surface area contributed by atoms with Crippen molar-refractivity contribution < 1.29 is 17.9 Å². The van der Waals surface area contributed by atoms with Gasteiger partial charge in [-0.05, 0) is 50.1 Å². The molecule has 0 saturated carbocycles. The number of amides is 2. The highest BCUT2D eigenvalue weighted by Crippen LogP contribution is 2.31. The molecule has 2 aromatic rings. The van der Waals surface area contributed by atoms with Gasteiger partial charge in [0, 0.05) is 18.8 Å². The van der Waals surface area contributed by atoms with Gasteiger partial charge in [0.05, 0.1) is 17.7 Å². The Kier molecular flexibility index (Phi) is 5.55. The number of methoxy groups -OCH3 is 1. The molecular formula is C19H23N3O4S. The molecule has 0 atom stereocenters. The van der Waals surface area contributed by atoms with Crippen molar-refractivity contribution in [2.24, 2.45) is 0 Å². The molecule has 0 unspecified atom stereocenters. The highest BCUT2D eigenvalue weighted by Gasteiger charge is 2.19. The molecule has 2 N–H and O–H groups in total. The van der Waals surface area contributed by atoms with Crippen LogP contribution in [-0.4, -0.2) is 34.6 Å². The lowest BCUT2D eigenvalue weighted by atomic mass is 10.2. The van der Waals surface area contributed by atoms with Crippen LogP contribution < -0.4 is 19.7 Å². The average Bonchev–Trinajstić information content (AvgIpc) is 3.16. The number of rotatable bonds is 5. The number of benzene rings is 2. The van der Waals surface area contributed by atoms with Gasteiger partial charge in [0.25, 0.3) is 10.0 Å². The van der Waals surface area contributed by atoms with Crippen LogP contribution in [0.1, 0.15) is 18.4 Å². The average molecular weight is 389 g/mol. The first-order valence-electron chi connectivity index (χ1n) is 8.72. The van der Waals surface area contributed by atoms with Gasteiger partial charge in [-0.25, -0.2) is 17.9 Å². The number of sulfonamides is 1. The summed E-state index contributed by atoms with van der Waals surface area (Å²) < 4.78 is 32.0. The highest BCUT2D eigenvalue weighted by atomic mass is 32.2. The van der Waals surface area contributed by atoms with E-state index in [0.717, 1.165) is 37.2 Å². The van der Waals surface area contributed by atoms with Gasteiger partial charge in [-0.2, -0.15) is 0 Å². The van der Waals surface area contributed by atoms with Crippen molar-refractivity contribution >= 4 is 27.4 Å². The predicted molar refractivity (Wildman–Crippen MR) is 105 cm³/mol. The van der Waals surface area contributed by atoms with Crippen LogP contribution >= 0.6 is 0 Å². The van der Waals surface area contributed by atoms with E-state index in [1.807, 2.05) is 17.7 Å². The zero-order valence-corrected chi connectivity index (χ0v) is 16.2. The molecule has 1 aliphatic rings. The van der Waals surface area contributed by atoms with Crippen molar-refractivity contribution in [2.45, 2.75) is 24.7 Å². The fourth-order valence-electron chi connectivity index (χ4n) is 3.01. The van der Waals surface area contributed by atoms with E-state index in [1.165, 1.54) is 19.2 Å². The Morgan fingerprint density at radius 2 is 1.74 bits per heavy atom. The van der Waals surface area contributed by atoms with Crippen LogP contribution in [-0.2, 0) is 10.0 Å². The molecule has 0 aromatic heterocycles. The lowest BCUT2D eigenvalue weighted by Gasteiger charge is -2.20. The van der Waals surface area contributed by atoms with E-state index < -0.39 is 16.1 Å². The smallest absolute Gasteiger partial charge is 0.333 e. The second-order valence-electron chi connectivity index (χ2n) is 6.45. The second-order valence-corrected chi connectivity index (χ2v) is 8.13. The molecular weight excluding hydrogens is 366 g/mol. The lowest BCUT2D eigenvalue weighted by molar-refractivity contribution is 0.256. The molecule has 1 fully saturated rings. The number of ether oxygens (including phenoxy) is 1. The summed E-state index contributed by atoms with van der Waals surface area (Å²) >= 11 is 0. The number of nitrogens with zero attached hydrogens (tertiary/aromatic N) is 1. The summed E-state index contributed by atoms with van der Waals surface area (Å²) in [5.41, 5.74) is 2.31. The number of anilines is 2. The Labute approximate surface area is 159 Å². The third-order valence-corrected chi connectivity index (χ3v) is 5.81. The van der Waals surface area contributed by atoms with Crippen molar-refractivity contribution in [2.75, 3.05) is 30.4 Å². The first kappa shape index (κ1) is 19.0. The van der Waals surface area contributed by atoms with Crippen molar-refractivity contribution in [1.29, 1.82) is 0 Å². The summed E-state index contributed by atoms with van der Waals surface area (Å²) in [5, 5.41) is 2.58. The number of hydrogen-bond donors (Lipinski definition) is 2. The van der Waals surface area contributed by atoms with E-state index in [2.05, 4.69) is 10.2 Å². The maximum Gasteiger partial charge on any atom is 0.333 e. The maximum absolute atomic E-state index is 12.4. The third-order valence-electron chi connectivity index (χ3n) is 4.46. The Morgan fingerprint density at radius 3 is 2.37 bits per heavy atom. The standard InChI is InChI=1S/C19H23N3O4S/c1-14-5-8-16(9-6-14)27(24,25)21-19(23)20-17-13-15(7-10-18(17)26-2)22-11-3-4-12-22/h5-10,13H,3-4,11-12H2,1-2H3,(H2,20,21,23). The lowest BCUT2D eigenvalue weighted by Crippen LogP contribution is -2.34. The van der Waals surface area contributed by atoms with Crippen LogP contribution in [0.3, 0.4) is 0 Å². The molecule has 7 nitrogen and oxygen atoms in total. The maximum atomic E-state index is 12.4. The normalized spacial score (nSPS) is 14.1. The van der Waals surface area contributed by atoms with Crippen LogP contribution in [0.2, 0.25) is 0 Å². The molecule has 27 heavy (non-hydrogen) atoms. The molecule has 3 rings (SSSR count). The predicted octanol–water partition coefficient (Wildman–Crippen LogP) is 3.11. The molecule has 8 heteroatoms. The number of aryl methyl sites for hydroxylation is 1. The topological polar surface area (TPSA) is 87.7 Å². The Hall–Kier alpha value is -2.74. The zero-order valence-electron chi connectivity index (χ0n) is 15.4. The number of nitrogens with one attached hydrogen (secondary N) is 2. The third kappa shape index (κ3) is 4.51. The highest BCUT2D eigenvalue weighted by molar-refractivity contribution is 7.90. The number of hydrogen-bond acceptors (Lipinski definition) is 5. The molecule has 0 radical (unpaired) electrons. The van der Waals surface area contributed by atoms with Gasteiger partial charge < -0.3 is 15.0 Å². The van der Waals surface area contributed by atoms with E-state index in [4.69, 9.17) is 4.74 Å². The molecule has 144 valence electrons. The molecule has 1 saturated heterocycles. The molecule has 1 aliphatic heterocycles. The summed E-state index contributed by atoms with van der Waals surface area (Å²) in [6, 6.07) is 10.9. The molecule has 2 aromatic carbocycles. The Balaban J connectivity index is 1.76. The van der Waals surface area contributed by atoms with E-state index in [-0.39, 0.29) is 4.90 Å². The molecule has 2 amide bonds. The number of carbonyl (C=O) groups is 1. The van der Waals surface area contributed by atoms with E-state index in [9.17, 15) is 13.2 Å². The first-order valence-corrected chi connectivity index (χ1v) is 10.2. The fourth-order valence-corrected chi connectivity index (χ4v) is 3.92. The summed E-state index contributed by atoms with van der Waals surface area (Å²) in [6.45, 7) is 3.77. The monoisotopic (exact) mass is 389 g/mol. The van der Waals surface area contributed by atoms with Gasteiger partial charge in [0.2, 0.25) is 0 Å². The number of carbonyl (C=O) groups excluding carboxylic acids is 1. The minimum absolute atomic E-state index is 0.0287. The SMILES string of the molecule is COc1ccc(N2CCCC2)cc1NC(=O)NS(=O)(=O)c1ccc(C)cc1. The summed E-state index contributed by atoms with van der Waals surface area (Å²) in [6.07, 6.45) is 2.26. The van der Waals surface area contributed by atoms with Crippen molar-refractivity contribution in [1.82, 2.24) is 4.72 Å². The second kappa shape index (κ2) is 7.87. The van der Waals surface area contributed by atoms with E-state index in [1.54, 1.807) is 24.3 Å². The van der Waals surface area contributed by atoms with Gasteiger partial charge in [-0.1, -0.05) is 17.7 Å². The van der Waals surface area contributed by atoms with Gasteiger partial charge in [0.15, 0.2) is 0 Å². The van der Waals surface area contributed by atoms with Crippen LogP contribution in [0.5, 0.6) is 5.75 Å². The molecule has 0 bridgehead atoms. The number of urea groups is 1. The van der Waals surface area contributed by atoms with Crippen molar-refractivity contribution in [3.05, 3.63) is 48.0 Å². The minimum atomic E-state index is -3.95. The van der Waals surface area contributed by atoms with E-state index >= 15 is 0 Å². The zero-order chi connectivity index (χ0) is 19.4. The van der Waals surface area contributed by atoms with E-state index in [0.29, 0.717) is 11.4 Å². The molecule has 1 heterocycles. The summed E-state index contributed by atoms with van der Waals surface area (Å²) in [4.78, 5) is 14.5. The van der Waals surface area contributed by atoms with Crippen molar-refractivity contribution in [3.63, 3.8) is 0 Å². The van der Waals surface area contributed by atoms with Crippen molar-refractivity contribution in [3.8, 4) is 5.75 Å². The Bertz CT molecular complexity index is 920. The van der Waals surface area contributed by atoms with Crippen LogP contribution in [0, 0.1) is 6.92 Å². The first-order chi connectivity index (χ1) is 12.9. The van der Waals surface area contributed by atoms with Gasteiger partial charge in [0.1, 0.15) is 5.75 Å². The van der Waals surface area contributed by atoms with Gasteiger partial charge in [-0.15, -0.1) is 0 Å². The quantitative estimate of drug-likeness (QED) is 0.820. The van der Waals surface area contributed by atoms with Crippen LogP contribution in [0.15, 0.2) is 47.4 Å². The summed E-state index contributed by atoms with van der Waals surface area (Å²) in [7, 11) is -2.46. The summed E-state index contributed by atoms with van der Waals surface area (Å²) in [5.74, 6) is 0.459. The molecule has 0 spiro atoms.